The van der Waals surface area contributed by atoms with Crippen LogP contribution in [0.25, 0.3) is 16.8 Å². The van der Waals surface area contributed by atoms with Crippen molar-refractivity contribution in [1.29, 1.82) is 0 Å². The SMILES string of the molecule is CNC1(C)CC=Cc2cc3ccccc3cc21. The fourth-order valence-corrected chi connectivity index (χ4v) is 2.64. The van der Waals surface area contributed by atoms with Gasteiger partial charge in [0.15, 0.2) is 0 Å². The molecule has 1 unspecified atom stereocenters. The van der Waals surface area contributed by atoms with Gasteiger partial charge in [-0.2, -0.15) is 0 Å². The fourth-order valence-electron chi connectivity index (χ4n) is 2.64. The van der Waals surface area contributed by atoms with Crippen molar-refractivity contribution in [3.63, 3.8) is 0 Å². The van der Waals surface area contributed by atoms with E-state index in [4.69, 9.17) is 0 Å². The van der Waals surface area contributed by atoms with Gasteiger partial charge in [-0.1, -0.05) is 36.4 Å². The Labute approximate surface area is 102 Å². The van der Waals surface area contributed by atoms with Crippen molar-refractivity contribution < 1.29 is 0 Å². The van der Waals surface area contributed by atoms with Gasteiger partial charge in [-0.3, -0.25) is 0 Å². The molecule has 0 spiro atoms. The zero-order valence-electron chi connectivity index (χ0n) is 10.3. The van der Waals surface area contributed by atoms with Crippen LogP contribution in [-0.2, 0) is 5.54 Å². The molecule has 3 rings (SSSR count). The second kappa shape index (κ2) is 3.71. The van der Waals surface area contributed by atoms with Gasteiger partial charge >= 0.3 is 0 Å². The first-order valence-electron chi connectivity index (χ1n) is 6.12. The minimum Gasteiger partial charge on any atom is -0.310 e. The molecule has 86 valence electrons. The van der Waals surface area contributed by atoms with Gasteiger partial charge in [-0.15, -0.1) is 0 Å². The summed E-state index contributed by atoms with van der Waals surface area (Å²) in [5.41, 5.74) is 2.81. The molecule has 0 radical (unpaired) electrons. The summed E-state index contributed by atoms with van der Waals surface area (Å²) >= 11 is 0. The van der Waals surface area contributed by atoms with Gasteiger partial charge in [0.05, 0.1) is 0 Å². The molecule has 0 aliphatic heterocycles. The first-order chi connectivity index (χ1) is 8.23. The predicted molar refractivity (Wildman–Crippen MR) is 74.0 cm³/mol. The molecule has 1 N–H and O–H groups in total. The van der Waals surface area contributed by atoms with Crippen LogP contribution < -0.4 is 5.32 Å². The van der Waals surface area contributed by atoms with Crippen molar-refractivity contribution in [2.24, 2.45) is 0 Å². The topological polar surface area (TPSA) is 12.0 Å². The monoisotopic (exact) mass is 223 g/mol. The molecular weight excluding hydrogens is 206 g/mol. The molecule has 1 atom stereocenters. The van der Waals surface area contributed by atoms with Crippen LogP contribution in [0, 0.1) is 0 Å². The summed E-state index contributed by atoms with van der Waals surface area (Å²) in [4.78, 5) is 0. The molecule has 0 amide bonds. The largest absolute Gasteiger partial charge is 0.310 e. The van der Waals surface area contributed by atoms with Crippen LogP contribution in [0.3, 0.4) is 0 Å². The number of rotatable bonds is 1. The standard InChI is InChI=1S/C16H17N/c1-16(17-2)9-5-8-14-10-12-6-3-4-7-13(12)11-15(14)16/h3-8,10-11,17H,9H2,1-2H3. The maximum absolute atomic E-state index is 3.45. The number of fused-ring (bicyclic) bond motifs is 2. The van der Waals surface area contributed by atoms with E-state index in [-0.39, 0.29) is 5.54 Å². The minimum atomic E-state index is 0.0636. The Hall–Kier alpha value is -1.60. The molecule has 1 aliphatic rings. The highest BCUT2D eigenvalue weighted by atomic mass is 14.9. The lowest BCUT2D eigenvalue weighted by Crippen LogP contribution is -2.38. The average Bonchev–Trinajstić information content (AvgIpc) is 2.37. The summed E-state index contributed by atoms with van der Waals surface area (Å²) in [5, 5.41) is 6.09. The molecular formula is C16H17N. The maximum atomic E-state index is 3.45. The first-order valence-corrected chi connectivity index (χ1v) is 6.12. The van der Waals surface area contributed by atoms with Gasteiger partial charge in [0.1, 0.15) is 0 Å². The van der Waals surface area contributed by atoms with Crippen LogP contribution >= 0.6 is 0 Å². The van der Waals surface area contributed by atoms with E-state index in [0.717, 1.165) is 6.42 Å². The smallest absolute Gasteiger partial charge is 0.0444 e. The van der Waals surface area contributed by atoms with Gasteiger partial charge < -0.3 is 5.32 Å². The number of benzene rings is 2. The summed E-state index contributed by atoms with van der Waals surface area (Å²) in [6.45, 7) is 2.27. The van der Waals surface area contributed by atoms with Crippen molar-refractivity contribution in [1.82, 2.24) is 5.32 Å². The average molecular weight is 223 g/mol. The van der Waals surface area contributed by atoms with E-state index < -0.39 is 0 Å². The van der Waals surface area contributed by atoms with Crippen LogP contribution in [-0.4, -0.2) is 7.05 Å². The van der Waals surface area contributed by atoms with Gasteiger partial charge in [-0.05, 0) is 54.4 Å². The normalized spacial score (nSPS) is 22.7. The third-order valence-electron chi connectivity index (χ3n) is 3.89. The van der Waals surface area contributed by atoms with Crippen molar-refractivity contribution in [2.45, 2.75) is 18.9 Å². The highest BCUT2D eigenvalue weighted by Gasteiger charge is 2.27. The Morgan fingerprint density at radius 2 is 1.82 bits per heavy atom. The molecule has 0 saturated carbocycles. The van der Waals surface area contributed by atoms with Crippen LogP contribution in [0.1, 0.15) is 24.5 Å². The molecule has 1 nitrogen and oxygen atoms in total. The second-order valence-electron chi connectivity index (χ2n) is 4.98. The zero-order valence-corrected chi connectivity index (χ0v) is 10.3. The summed E-state index contributed by atoms with van der Waals surface area (Å²) in [6.07, 6.45) is 5.54. The lowest BCUT2D eigenvalue weighted by atomic mass is 9.80. The summed E-state index contributed by atoms with van der Waals surface area (Å²) in [5.74, 6) is 0. The Bertz CT molecular complexity index is 597. The van der Waals surface area contributed by atoms with E-state index in [2.05, 4.69) is 60.8 Å². The zero-order chi connectivity index (χ0) is 11.9. The van der Waals surface area contributed by atoms with Gasteiger partial charge in [0.2, 0.25) is 0 Å². The lowest BCUT2D eigenvalue weighted by molar-refractivity contribution is 0.402. The molecule has 17 heavy (non-hydrogen) atoms. The van der Waals surface area contributed by atoms with Crippen molar-refractivity contribution in [3.05, 3.63) is 53.6 Å². The second-order valence-corrected chi connectivity index (χ2v) is 4.98. The van der Waals surface area contributed by atoms with Gasteiger partial charge in [0, 0.05) is 5.54 Å². The quantitative estimate of drug-likeness (QED) is 0.777. The van der Waals surface area contributed by atoms with Crippen molar-refractivity contribution in [2.75, 3.05) is 7.05 Å². The van der Waals surface area contributed by atoms with E-state index in [1.165, 1.54) is 21.9 Å². The van der Waals surface area contributed by atoms with E-state index in [0.29, 0.717) is 0 Å². The third kappa shape index (κ3) is 1.58. The van der Waals surface area contributed by atoms with Gasteiger partial charge in [-0.25, -0.2) is 0 Å². The summed E-state index contributed by atoms with van der Waals surface area (Å²) in [7, 11) is 2.04. The predicted octanol–water partition coefficient (Wildman–Crippen LogP) is 3.69. The molecule has 2 aromatic rings. The third-order valence-corrected chi connectivity index (χ3v) is 3.89. The number of hydrogen-bond acceptors (Lipinski definition) is 1. The molecule has 0 heterocycles. The molecule has 0 aromatic heterocycles. The van der Waals surface area contributed by atoms with E-state index in [9.17, 15) is 0 Å². The molecule has 2 aromatic carbocycles. The first kappa shape index (κ1) is 10.5. The van der Waals surface area contributed by atoms with Gasteiger partial charge in [0.25, 0.3) is 0 Å². The Morgan fingerprint density at radius 1 is 1.12 bits per heavy atom. The summed E-state index contributed by atoms with van der Waals surface area (Å²) < 4.78 is 0. The molecule has 0 saturated heterocycles. The van der Waals surface area contributed by atoms with E-state index in [1.807, 2.05) is 7.05 Å². The van der Waals surface area contributed by atoms with Crippen molar-refractivity contribution >= 4 is 16.8 Å². The van der Waals surface area contributed by atoms with E-state index >= 15 is 0 Å². The number of hydrogen-bond donors (Lipinski definition) is 1. The van der Waals surface area contributed by atoms with Crippen LogP contribution in [0.4, 0.5) is 0 Å². The maximum Gasteiger partial charge on any atom is 0.0444 e. The van der Waals surface area contributed by atoms with Crippen LogP contribution in [0.5, 0.6) is 0 Å². The molecule has 1 heteroatoms. The lowest BCUT2D eigenvalue weighted by Gasteiger charge is -2.33. The Kier molecular flexibility index (Phi) is 2.30. The van der Waals surface area contributed by atoms with Crippen LogP contribution in [0.2, 0.25) is 0 Å². The Balaban J connectivity index is 2.31. The van der Waals surface area contributed by atoms with E-state index in [1.54, 1.807) is 0 Å². The van der Waals surface area contributed by atoms with Crippen molar-refractivity contribution in [3.8, 4) is 0 Å². The molecule has 0 bridgehead atoms. The molecule has 0 fully saturated rings. The number of nitrogens with one attached hydrogen (secondary N) is 1. The highest BCUT2D eigenvalue weighted by Crippen LogP contribution is 2.35. The summed E-state index contributed by atoms with van der Waals surface area (Å²) in [6, 6.07) is 13.2. The fraction of sp³-hybridized carbons (Fsp3) is 0.250. The highest BCUT2D eigenvalue weighted by molar-refractivity contribution is 5.86. The minimum absolute atomic E-state index is 0.0636. The molecule has 1 aliphatic carbocycles. The van der Waals surface area contributed by atoms with Crippen LogP contribution in [0.15, 0.2) is 42.5 Å². The Morgan fingerprint density at radius 3 is 2.53 bits per heavy atom.